The van der Waals surface area contributed by atoms with Gasteiger partial charge in [-0.15, -0.1) is 0 Å². The standard InChI is InChI=1S/C13H19NO5/c1-2-5-19-12(17)14-9-13(3-6-18-7-4-13)8-10(14)11(15)16/h2,10H,1,3-9H2,(H,15,16). The normalized spacial score (nSPS) is 25.3. The van der Waals surface area contributed by atoms with E-state index in [0.29, 0.717) is 26.2 Å². The van der Waals surface area contributed by atoms with Gasteiger partial charge in [-0.2, -0.15) is 0 Å². The number of aliphatic carboxylic acids is 1. The molecule has 2 aliphatic heterocycles. The molecule has 19 heavy (non-hydrogen) atoms. The Labute approximate surface area is 112 Å². The van der Waals surface area contributed by atoms with E-state index in [-0.39, 0.29) is 12.0 Å². The number of carboxylic acid groups (broad SMARTS) is 1. The number of rotatable bonds is 3. The molecule has 0 aromatic rings. The maximum atomic E-state index is 11.9. The lowest BCUT2D eigenvalue weighted by Crippen LogP contribution is -2.41. The molecule has 2 rings (SSSR count). The van der Waals surface area contributed by atoms with Crippen molar-refractivity contribution >= 4 is 12.1 Å². The van der Waals surface area contributed by atoms with Crippen LogP contribution >= 0.6 is 0 Å². The second kappa shape index (κ2) is 5.61. The minimum atomic E-state index is -0.973. The Kier molecular flexibility index (Phi) is 4.09. The van der Waals surface area contributed by atoms with Gasteiger partial charge in [0.1, 0.15) is 12.6 Å². The summed E-state index contributed by atoms with van der Waals surface area (Å²) in [6, 6.07) is -0.796. The number of hydrogen-bond acceptors (Lipinski definition) is 4. The monoisotopic (exact) mass is 269 g/mol. The first-order valence-electron chi connectivity index (χ1n) is 6.43. The van der Waals surface area contributed by atoms with E-state index in [1.807, 2.05) is 0 Å². The zero-order chi connectivity index (χ0) is 13.9. The molecule has 2 aliphatic rings. The first kappa shape index (κ1) is 13.9. The predicted molar refractivity (Wildman–Crippen MR) is 66.8 cm³/mol. The summed E-state index contributed by atoms with van der Waals surface area (Å²) in [7, 11) is 0. The fraction of sp³-hybridized carbons (Fsp3) is 0.692. The highest BCUT2D eigenvalue weighted by Gasteiger charge is 2.49. The molecule has 0 bridgehead atoms. The van der Waals surface area contributed by atoms with Crippen molar-refractivity contribution in [2.24, 2.45) is 5.41 Å². The van der Waals surface area contributed by atoms with Crippen LogP contribution in [0, 0.1) is 5.41 Å². The van der Waals surface area contributed by atoms with E-state index in [1.165, 1.54) is 11.0 Å². The Bertz CT molecular complexity index is 375. The SMILES string of the molecule is C=CCOC(=O)N1CC2(CCOCC2)CC1C(=O)O. The summed E-state index contributed by atoms with van der Waals surface area (Å²) in [6.45, 7) is 5.25. The van der Waals surface area contributed by atoms with Gasteiger partial charge in [0.05, 0.1) is 0 Å². The highest BCUT2D eigenvalue weighted by Crippen LogP contribution is 2.43. The lowest BCUT2D eigenvalue weighted by Gasteiger charge is -2.32. The van der Waals surface area contributed by atoms with Gasteiger partial charge >= 0.3 is 12.1 Å². The number of amides is 1. The molecule has 106 valence electrons. The van der Waals surface area contributed by atoms with Gasteiger partial charge in [0.15, 0.2) is 0 Å². The van der Waals surface area contributed by atoms with Gasteiger partial charge in [-0.05, 0) is 24.7 Å². The zero-order valence-electron chi connectivity index (χ0n) is 10.8. The maximum Gasteiger partial charge on any atom is 0.410 e. The summed E-state index contributed by atoms with van der Waals surface area (Å²) in [5, 5.41) is 9.27. The third kappa shape index (κ3) is 2.89. The van der Waals surface area contributed by atoms with Crippen LogP contribution in [0.25, 0.3) is 0 Å². The topological polar surface area (TPSA) is 76.1 Å². The van der Waals surface area contributed by atoms with Crippen LogP contribution in [0.1, 0.15) is 19.3 Å². The molecule has 1 atom stereocenters. The Morgan fingerprint density at radius 3 is 2.74 bits per heavy atom. The van der Waals surface area contributed by atoms with Crippen LogP contribution < -0.4 is 0 Å². The summed E-state index contributed by atoms with van der Waals surface area (Å²) in [4.78, 5) is 24.6. The fourth-order valence-electron chi connectivity index (χ4n) is 2.85. The largest absolute Gasteiger partial charge is 0.480 e. The van der Waals surface area contributed by atoms with Crippen molar-refractivity contribution in [1.29, 1.82) is 0 Å². The number of nitrogens with zero attached hydrogens (tertiary/aromatic N) is 1. The Morgan fingerprint density at radius 2 is 2.16 bits per heavy atom. The summed E-state index contributed by atoms with van der Waals surface area (Å²) in [5.41, 5.74) is -0.130. The number of carboxylic acids is 1. The first-order valence-corrected chi connectivity index (χ1v) is 6.43. The van der Waals surface area contributed by atoms with Crippen LogP contribution in [-0.2, 0) is 14.3 Å². The van der Waals surface area contributed by atoms with Crippen LogP contribution in [-0.4, -0.2) is 54.5 Å². The van der Waals surface area contributed by atoms with Crippen molar-refractivity contribution < 1.29 is 24.2 Å². The average molecular weight is 269 g/mol. The van der Waals surface area contributed by atoms with E-state index in [1.54, 1.807) is 0 Å². The average Bonchev–Trinajstić information content (AvgIpc) is 2.76. The number of hydrogen-bond donors (Lipinski definition) is 1. The molecule has 1 unspecified atom stereocenters. The molecular weight excluding hydrogens is 250 g/mol. The van der Waals surface area contributed by atoms with E-state index in [4.69, 9.17) is 9.47 Å². The second-order valence-corrected chi connectivity index (χ2v) is 5.16. The fourth-order valence-corrected chi connectivity index (χ4v) is 2.85. The Hall–Kier alpha value is -1.56. The number of likely N-dealkylation sites (tertiary alicyclic amines) is 1. The summed E-state index contributed by atoms with van der Waals surface area (Å²) in [5.74, 6) is -0.973. The van der Waals surface area contributed by atoms with Crippen molar-refractivity contribution in [2.45, 2.75) is 25.3 Å². The van der Waals surface area contributed by atoms with Crippen molar-refractivity contribution in [3.8, 4) is 0 Å². The highest BCUT2D eigenvalue weighted by atomic mass is 16.6. The van der Waals surface area contributed by atoms with Gasteiger partial charge in [-0.1, -0.05) is 12.7 Å². The van der Waals surface area contributed by atoms with Gasteiger partial charge in [0.25, 0.3) is 0 Å². The molecule has 2 saturated heterocycles. The predicted octanol–water partition coefficient (Wildman–Crippen LogP) is 1.26. The van der Waals surface area contributed by atoms with E-state index >= 15 is 0 Å². The Morgan fingerprint density at radius 1 is 1.47 bits per heavy atom. The van der Waals surface area contributed by atoms with Crippen LogP contribution in [0.4, 0.5) is 4.79 Å². The highest BCUT2D eigenvalue weighted by molar-refractivity contribution is 5.81. The minimum absolute atomic E-state index is 0.0950. The second-order valence-electron chi connectivity index (χ2n) is 5.16. The molecule has 6 heteroatoms. The molecule has 2 fully saturated rings. The molecule has 0 aromatic carbocycles. The molecule has 2 heterocycles. The summed E-state index contributed by atoms with van der Waals surface area (Å²) >= 11 is 0. The van der Waals surface area contributed by atoms with Gasteiger partial charge < -0.3 is 14.6 Å². The van der Waals surface area contributed by atoms with Gasteiger partial charge in [0.2, 0.25) is 0 Å². The van der Waals surface area contributed by atoms with Gasteiger partial charge in [-0.3, -0.25) is 4.90 Å². The molecule has 0 aromatic heterocycles. The quantitative estimate of drug-likeness (QED) is 0.781. The zero-order valence-corrected chi connectivity index (χ0v) is 10.8. The molecule has 0 radical (unpaired) electrons. The van der Waals surface area contributed by atoms with Crippen LogP contribution in [0.5, 0.6) is 0 Å². The molecule has 0 saturated carbocycles. The number of ether oxygens (including phenoxy) is 2. The van der Waals surface area contributed by atoms with Gasteiger partial charge in [-0.25, -0.2) is 9.59 Å². The third-order valence-corrected chi connectivity index (χ3v) is 3.91. The summed E-state index contributed by atoms with van der Waals surface area (Å²) in [6.07, 6.45) is 2.96. The lowest BCUT2D eigenvalue weighted by molar-refractivity contribution is -0.141. The molecular formula is C13H19NO5. The van der Waals surface area contributed by atoms with Crippen LogP contribution in [0.3, 0.4) is 0 Å². The van der Waals surface area contributed by atoms with Crippen molar-refractivity contribution in [1.82, 2.24) is 4.90 Å². The number of carbonyl (C=O) groups is 2. The van der Waals surface area contributed by atoms with Crippen molar-refractivity contribution in [2.75, 3.05) is 26.4 Å². The maximum absolute atomic E-state index is 11.9. The van der Waals surface area contributed by atoms with Gasteiger partial charge in [0, 0.05) is 19.8 Å². The third-order valence-electron chi connectivity index (χ3n) is 3.91. The Balaban J connectivity index is 2.09. The molecule has 0 aliphatic carbocycles. The molecule has 6 nitrogen and oxygen atoms in total. The first-order chi connectivity index (χ1) is 9.08. The van der Waals surface area contributed by atoms with E-state index in [2.05, 4.69) is 6.58 Å². The van der Waals surface area contributed by atoms with Crippen LogP contribution in [0.2, 0.25) is 0 Å². The van der Waals surface area contributed by atoms with Crippen molar-refractivity contribution in [3.63, 3.8) is 0 Å². The van der Waals surface area contributed by atoms with Crippen LogP contribution in [0.15, 0.2) is 12.7 Å². The summed E-state index contributed by atoms with van der Waals surface area (Å²) < 4.78 is 10.3. The molecule has 1 N–H and O–H groups in total. The molecule has 1 spiro atoms. The number of carbonyl (C=O) groups excluding carboxylic acids is 1. The van der Waals surface area contributed by atoms with Crippen molar-refractivity contribution in [3.05, 3.63) is 12.7 Å². The molecule has 1 amide bonds. The lowest BCUT2D eigenvalue weighted by atomic mass is 9.78. The van der Waals surface area contributed by atoms with E-state index in [9.17, 15) is 14.7 Å². The smallest absolute Gasteiger partial charge is 0.410 e. The van der Waals surface area contributed by atoms with E-state index in [0.717, 1.165) is 12.8 Å². The minimum Gasteiger partial charge on any atom is -0.480 e. The van der Waals surface area contributed by atoms with E-state index < -0.39 is 18.1 Å².